The third kappa shape index (κ3) is 3.06. The van der Waals surface area contributed by atoms with Gasteiger partial charge in [-0.2, -0.15) is 0 Å². The predicted molar refractivity (Wildman–Crippen MR) is 56.6 cm³/mol. The molecule has 0 radical (unpaired) electrons. The molecule has 1 saturated carbocycles. The molecule has 0 aromatic carbocycles. The third-order valence-electron chi connectivity index (χ3n) is 3.08. The summed E-state index contributed by atoms with van der Waals surface area (Å²) >= 11 is 0. The van der Waals surface area contributed by atoms with Crippen LogP contribution in [0.5, 0.6) is 0 Å². The highest BCUT2D eigenvalue weighted by atomic mass is 16.5. The largest absolute Gasteiger partial charge is 0.496 e. The fourth-order valence-electron chi connectivity index (χ4n) is 2.30. The summed E-state index contributed by atoms with van der Waals surface area (Å²) in [6, 6.07) is 0. The summed E-state index contributed by atoms with van der Waals surface area (Å²) in [6.07, 6.45) is 11.9. The number of hydrogen-bond donors (Lipinski definition) is 0. The van der Waals surface area contributed by atoms with Crippen LogP contribution in [0.3, 0.4) is 0 Å². The number of hydrogen-bond acceptors (Lipinski definition) is 1. The zero-order valence-electron chi connectivity index (χ0n) is 8.85. The van der Waals surface area contributed by atoms with E-state index in [-0.39, 0.29) is 5.60 Å². The van der Waals surface area contributed by atoms with Gasteiger partial charge in [-0.3, -0.25) is 0 Å². The van der Waals surface area contributed by atoms with E-state index in [4.69, 9.17) is 4.74 Å². The Kier molecular flexibility index (Phi) is 4.34. The van der Waals surface area contributed by atoms with Crippen molar-refractivity contribution in [3.05, 3.63) is 12.8 Å². The fraction of sp³-hybridized carbons (Fsp3) is 0.833. The van der Waals surface area contributed by atoms with Crippen molar-refractivity contribution >= 4 is 0 Å². The molecule has 76 valence electrons. The van der Waals surface area contributed by atoms with Crippen LogP contribution in [0.1, 0.15) is 58.3 Å². The fourth-order valence-corrected chi connectivity index (χ4v) is 2.30. The Morgan fingerprint density at radius 1 is 1.31 bits per heavy atom. The normalized spacial score (nSPS) is 21.0. The second-order valence-electron chi connectivity index (χ2n) is 4.13. The molecule has 0 aliphatic heterocycles. The highest BCUT2D eigenvalue weighted by molar-refractivity contribution is 4.86. The number of rotatable bonds is 5. The lowest BCUT2D eigenvalue weighted by atomic mass is 9.81. The van der Waals surface area contributed by atoms with Crippen LogP contribution in [0, 0.1) is 0 Å². The summed E-state index contributed by atoms with van der Waals surface area (Å²) < 4.78 is 5.74. The smallest absolute Gasteiger partial charge is 0.108 e. The van der Waals surface area contributed by atoms with Gasteiger partial charge in [0.15, 0.2) is 0 Å². The Morgan fingerprint density at radius 2 is 2.00 bits per heavy atom. The van der Waals surface area contributed by atoms with Crippen molar-refractivity contribution in [1.82, 2.24) is 0 Å². The molecule has 0 aromatic rings. The maximum atomic E-state index is 5.74. The van der Waals surface area contributed by atoms with Gasteiger partial charge in [-0.15, -0.1) is 0 Å². The van der Waals surface area contributed by atoms with Crippen molar-refractivity contribution in [3.8, 4) is 0 Å². The molecule has 0 amide bonds. The average Bonchev–Trinajstić information content (AvgIpc) is 2.17. The molecule has 0 atom stereocenters. The number of unbranched alkanes of at least 4 members (excludes halogenated alkanes) is 1. The molecular formula is C12H22O. The van der Waals surface area contributed by atoms with E-state index in [0.29, 0.717) is 0 Å². The van der Waals surface area contributed by atoms with Crippen molar-refractivity contribution < 1.29 is 4.74 Å². The van der Waals surface area contributed by atoms with E-state index in [9.17, 15) is 0 Å². The monoisotopic (exact) mass is 182 g/mol. The second kappa shape index (κ2) is 5.31. The molecule has 0 bridgehead atoms. The van der Waals surface area contributed by atoms with E-state index in [0.717, 1.165) is 0 Å². The first kappa shape index (κ1) is 10.6. The van der Waals surface area contributed by atoms with Crippen LogP contribution < -0.4 is 0 Å². The Labute approximate surface area is 82.2 Å². The van der Waals surface area contributed by atoms with Crippen molar-refractivity contribution in [2.45, 2.75) is 63.9 Å². The summed E-state index contributed by atoms with van der Waals surface area (Å²) in [4.78, 5) is 0. The predicted octanol–water partition coefficient (Wildman–Crippen LogP) is 4.04. The molecule has 0 unspecified atom stereocenters. The van der Waals surface area contributed by atoms with Gasteiger partial charge in [0.25, 0.3) is 0 Å². The first-order chi connectivity index (χ1) is 6.33. The molecule has 1 aliphatic rings. The van der Waals surface area contributed by atoms with Gasteiger partial charge in [-0.25, -0.2) is 0 Å². The number of ether oxygens (including phenoxy) is 1. The zero-order valence-corrected chi connectivity index (χ0v) is 8.85. The highest BCUT2D eigenvalue weighted by Gasteiger charge is 2.31. The van der Waals surface area contributed by atoms with Gasteiger partial charge >= 0.3 is 0 Å². The molecule has 13 heavy (non-hydrogen) atoms. The molecule has 1 rings (SSSR count). The van der Waals surface area contributed by atoms with Gasteiger partial charge in [0.05, 0.1) is 6.26 Å². The van der Waals surface area contributed by atoms with Crippen molar-refractivity contribution in [1.29, 1.82) is 0 Å². The summed E-state index contributed by atoms with van der Waals surface area (Å²) in [6.45, 7) is 5.93. The van der Waals surface area contributed by atoms with Crippen molar-refractivity contribution in [2.24, 2.45) is 0 Å². The van der Waals surface area contributed by atoms with E-state index in [1.165, 1.54) is 51.4 Å². The summed E-state index contributed by atoms with van der Waals surface area (Å²) in [7, 11) is 0. The zero-order chi connectivity index (χ0) is 9.57. The highest BCUT2D eigenvalue weighted by Crippen LogP contribution is 2.35. The lowest BCUT2D eigenvalue weighted by Crippen LogP contribution is -2.33. The molecule has 0 N–H and O–H groups in total. The first-order valence-electron chi connectivity index (χ1n) is 5.62. The Balaban J connectivity index is 2.45. The SMILES string of the molecule is C=COC1(CCCC)CCCCC1. The molecule has 1 fully saturated rings. The van der Waals surface area contributed by atoms with Gasteiger partial charge in [0.2, 0.25) is 0 Å². The lowest BCUT2D eigenvalue weighted by Gasteiger charge is -2.36. The van der Waals surface area contributed by atoms with Crippen LogP contribution in [-0.4, -0.2) is 5.60 Å². The topological polar surface area (TPSA) is 9.23 Å². The van der Waals surface area contributed by atoms with Gasteiger partial charge in [0.1, 0.15) is 5.60 Å². The summed E-state index contributed by atoms with van der Waals surface area (Å²) in [5.41, 5.74) is 0.163. The van der Waals surface area contributed by atoms with E-state index in [2.05, 4.69) is 13.5 Å². The molecule has 0 saturated heterocycles. The molecule has 1 aliphatic carbocycles. The molecular weight excluding hydrogens is 160 g/mol. The summed E-state index contributed by atoms with van der Waals surface area (Å²) in [5, 5.41) is 0. The van der Waals surface area contributed by atoms with Crippen LogP contribution >= 0.6 is 0 Å². The molecule has 1 heteroatoms. The van der Waals surface area contributed by atoms with E-state index >= 15 is 0 Å². The summed E-state index contributed by atoms with van der Waals surface area (Å²) in [5.74, 6) is 0. The maximum absolute atomic E-state index is 5.74. The van der Waals surface area contributed by atoms with Gasteiger partial charge in [-0.05, 0) is 38.5 Å². The van der Waals surface area contributed by atoms with E-state index < -0.39 is 0 Å². The maximum Gasteiger partial charge on any atom is 0.108 e. The first-order valence-corrected chi connectivity index (χ1v) is 5.62. The molecule has 0 spiro atoms. The van der Waals surface area contributed by atoms with Crippen LogP contribution in [-0.2, 0) is 4.74 Å². The van der Waals surface area contributed by atoms with E-state index in [1.54, 1.807) is 6.26 Å². The van der Waals surface area contributed by atoms with Crippen LogP contribution in [0.25, 0.3) is 0 Å². The quantitative estimate of drug-likeness (QED) is 0.583. The second-order valence-corrected chi connectivity index (χ2v) is 4.13. The molecule has 0 aromatic heterocycles. The van der Waals surface area contributed by atoms with Gasteiger partial charge < -0.3 is 4.74 Å². The molecule has 0 heterocycles. The standard InChI is InChI=1S/C12H22O/c1-3-5-9-12(13-4-2)10-7-6-8-11-12/h4H,2-3,5-11H2,1H3. The Morgan fingerprint density at radius 3 is 2.54 bits per heavy atom. The average molecular weight is 182 g/mol. The minimum atomic E-state index is 0.163. The van der Waals surface area contributed by atoms with Crippen LogP contribution in [0.4, 0.5) is 0 Å². The van der Waals surface area contributed by atoms with E-state index in [1.807, 2.05) is 0 Å². The van der Waals surface area contributed by atoms with Crippen LogP contribution in [0.2, 0.25) is 0 Å². The van der Waals surface area contributed by atoms with Crippen molar-refractivity contribution in [3.63, 3.8) is 0 Å². The third-order valence-corrected chi connectivity index (χ3v) is 3.08. The minimum Gasteiger partial charge on any atom is -0.496 e. The Hall–Kier alpha value is -0.460. The van der Waals surface area contributed by atoms with Crippen molar-refractivity contribution in [2.75, 3.05) is 0 Å². The van der Waals surface area contributed by atoms with Gasteiger partial charge in [-0.1, -0.05) is 26.3 Å². The Bertz CT molecular complexity index is 145. The molecule has 1 nitrogen and oxygen atoms in total. The van der Waals surface area contributed by atoms with Gasteiger partial charge in [0, 0.05) is 0 Å². The minimum absolute atomic E-state index is 0.163. The van der Waals surface area contributed by atoms with Crippen LogP contribution in [0.15, 0.2) is 12.8 Å². The lowest BCUT2D eigenvalue weighted by molar-refractivity contribution is -0.0195.